The van der Waals surface area contributed by atoms with Crippen LogP contribution in [0.25, 0.3) is 0 Å². The summed E-state index contributed by atoms with van der Waals surface area (Å²) in [4.78, 5) is 11.0. The van der Waals surface area contributed by atoms with Crippen LogP contribution in [0.4, 0.5) is 0 Å². The number of carbonyl (C=O) groups excluding carboxylic acids is 1. The first kappa shape index (κ1) is 7.73. The highest BCUT2D eigenvalue weighted by Gasteiger charge is 2.28. The van der Waals surface area contributed by atoms with Crippen molar-refractivity contribution in [1.29, 1.82) is 0 Å². The lowest BCUT2D eigenvalue weighted by molar-refractivity contribution is -0.119. The zero-order chi connectivity index (χ0) is 7.40. The Balaban J connectivity index is 1.95. The lowest BCUT2D eigenvalue weighted by Crippen LogP contribution is -2.24. The van der Waals surface area contributed by atoms with Crippen LogP contribution in [0.3, 0.4) is 0 Å². The van der Waals surface area contributed by atoms with Gasteiger partial charge in [-0.15, -0.1) is 0 Å². The van der Waals surface area contributed by atoms with Crippen molar-refractivity contribution in [3.63, 3.8) is 0 Å². The molecule has 2 nitrogen and oxygen atoms in total. The highest BCUT2D eigenvalue weighted by molar-refractivity contribution is 5.84. The van der Waals surface area contributed by atoms with Gasteiger partial charge in [-0.05, 0) is 25.8 Å². The van der Waals surface area contributed by atoms with Gasteiger partial charge in [0, 0.05) is 5.92 Å². The fraction of sp³-hybridized carbons (Fsp3) is 0.875. The molecule has 58 valence electrons. The molecule has 0 amide bonds. The molecule has 2 heteroatoms. The number of hydrogen-bond acceptors (Lipinski definition) is 2. The summed E-state index contributed by atoms with van der Waals surface area (Å²) in [5.41, 5.74) is 0. The molecule has 0 atom stereocenters. The topological polar surface area (TPSA) is 29.1 Å². The summed E-state index contributed by atoms with van der Waals surface area (Å²) in [5.74, 6) is 0.831. The molecule has 0 radical (unpaired) electrons. The zero-order valence-corrected chi connectivity index (χ0v) is 6.52. The van der Waals surface area contributed by atoms with E-state index in [1.807, 2.05) is 0 Å². The van der Waals surface area contributed by atoms with Crippen LogP contribution in [0.15, 0.2) is 0 Å². The van der Waals surface area contributed by atoms with E-state index in [1.165, 1.54) is 0 Å². The SMILES string of the molecule is CCCNCC(=O)C1CC1. The fourth-order valence-electron chi connectivity index (χ4n) is 0.938. The van der Waals surface area contributed by atoms with Gasteiger partial charge in [-0.3, -0.25) is 4.79 Å². The highest BCUT2D eigenvalue weighted by atomic mass is 16.1. The van der Waals surface area contributed by atoms with E-state index in [9.17, 15) is 4.79 Å². The smallest absolute Gasteiger partial charge is 0.149 e. The number of nitrogens with one attached hydrogen (secondary N) is 1. The molecular formula is C8H15NO. The summed E-state index contributed by atoms with van der Waals surface area (Å²) in [5, 5.41) is 3.11. The number of Topliss-reactive ketones (excluding diaryl/α,β-unsaturated/α-hetero) is 1. The molecule has 1 N–H and O–H groups in total. The summed E-state index contributed by atoms with van der Waals surface area (Å²) in [6.07, 6.45) is 3.37. The summed E-state index contributed by atoms with van der Waals surface area (Å²) >= 11 is 0. The van der Waals surface area contributed by atoms with E-state index in [4.69, 9.17) is 0 Å². The normalized spacial score (nSPS) is 17.3. The van der Waals surface area contributed by atoms with Gasteiger partial charge in [0.05, 0.1) is 6.54 Å². The first-order chi connectivity index (χ1) is 4.84. The molecule has 10 heavy (non-hydrogen) atoms. The van der Waals surface area contributed by atoms with Crippen molar-refractivity contribution in [1.82, 2.24) is 5.32 Å². The Morgan fingerprint density at radius 1 is 1.60 bits per heavy atom. The minimum atomic E-state index is 0.411. The van der Waals surface area contributed by atoms with Gasteiger partial charge in [-0.25, -0.2) is 0 Å². The molecule has 0 aliphatic heterocycles. The third-order valence-corrected chi connectivity index (χ3v) is 1.76. The lowest BCUT2D eigenvalue weighted by Gasteiger charge is -1.99. The van der Waals surface area contributed by atoms with Gasteiger partial charge in [-0.1, -0.05) is 6.92 Å². The molecule has 0 unspecified atom stereocenters. The number of rotatable bonds is 5. The molecular weight excluding hydrogens is 126 g/mol. The van der Waals surface area contributed by atoms with Crippen LogP contribution in [0.1, 0.15) is 26.2 Å². The lowest BCUT2D eigenvalue weighted by atomic mass is 10.2. The average Bonchev–Trinajstić information content (AvgIpc) is 2.69. The van der Waals surface area contributed by atoms with E-state index in [-0.39, 0.29) is 0 Å². The molecule has 0 saturated heterocycles. The molecule has 0 aromatic rings. The second-order valence-electron chi connectivity index (χ2n) is 2.92. The van der Waals surface area contributed by atoms with E-state index in [1.54, 1.807) is 0 Å². The van der Waals surface area contributed by atoms with E-state index in [0.29, 0.717) is 18.2 Å². The second-order valence-corrected chi connectivity index (χ2v) is 2.92. The van der Waals surface area contributed by atoms with Crippen molar-refractivity contribution in [3.8, 4) is 0 Å². The summed E-state index contributed by atoms with van der Waals surface area (Å²) < 4.78 is 0. The number of carbonyl (C=O) groups is 1. The van der Waals surface area contributed by atoms with E-state index < -0.39 is 0 Å². The molecule has 1 rings (SSSR count). The van der Waals surface area contributed by atoms with Gasteiger partial charge in [0.1, 0.15) is 5.78 Å². The molecule has 1 fully saturated rings. The van der Waals surface area contributed by atoms with Crippen molar-refractivity contribution in [2.75, 3.05) is 13.1 Å². The molecule has 1 aliphatic carbocycles. The minimum Gasteiger partial charge on any atom is -0.310 e. The summed E-state index contributed by atoms with van der Waals surface area (Å²) in [6, 6.07) is 0. The van der Waals surface area contributed by atoms with Crippen molar-refractivity contribution >= 4 is 5.78 Å². The fourth-order valence-corrected chi connectivity index (χ4v) is 0.938. The van der Waals surface area contributed by atoms with Crippen molar-refractivity contribution in [2.45, 2.75) is 26.2 Å². The maximum Gasteiger partial charge on any atom is 0.149 e. The highest BCUT2D eigenvalue weighted by Crippen LogP contribution is 2.29. The zero-order valence-electron chi connectivity index (χ0n) is 6.52. The molecule has 1 saturated carbocycles. The van der Waals surface area contributed by atoms with Gasteiger partial charge in [0.25, 0.3) is 0 Å². The largest absolute Gasteiger partial charge is 0.310 e. The molecule has 0 aromatic heterocycles. The molecule has 1 aliphatic rings. The average molecular weight is 141 g/mol. The second kappa shape index (κ2) is 3.71. The third kappa shape index (κ3) is 2.48. The Labute approximate surface area is 62.0 Å². The van der Waals surface area contributed by atoms with Crippen molar-refractivity contribution < 1.29 is 4.79 Å². The van der Waals surface area contributed by atoms with Crippen LogP contribution in [0.5, 0.6) is 0 Å². The van der Waals surface area contributed by atoms with Crippen LogP contribution in [0.2, 0.25) is 0 Å². The molecule has 0 heterocycles. The van der Waals surface area contributed by atoms with Crippen LogP contribution in [-0.4, -0.2) is 18.9 Å². The standard InChI is InChI=1S/C8H15NO/c1-2-5-9-6-8(10)7-3-4-7/h7,9H,2-6H2,1H3. The Morgan fingerprint density at radius 2 is 2.30 bits per heavy atom. The third-order valence-electron chi connectivity index (χ3n) is 1.76. The Hall–Kier alpha value is -0.370. The quantitative estimate of drug-likeness (QED) is 0.578. The van der Waals surface area contributed by atoms with E-state index >= 15 is 0 Å². The van der Waals surface area contributed by atoms with Crippen LogP contribution in [0, 0.1) is 5.92 Å². The van der Waals surface area contributed by atoms with E-state index in [2.05, 4.69) is 12.2 Å². The predicted molar refractivity (Wildman–Crippen MR) is 40.9 cm³/mol. The Kier molecular flexibility index (Phi) is 2.87. The number of ketones is 1. The van der Waals surface area contributed by atoms with Gasteiger partial charge in [0.15, 0.2) is 0 Å². The van der Waals surface area contributed by atoms with Gasteiger partial charge in [0.2, 0.25) is 0 Å². The maximum atomic E-state index is 11.0. The minimum absolute atomic E-state index is 0.411. The molecule has 0 bridgehead atoms. The van der Waals surface area contributed by atoms with Crippen molar-refractivity contribution in [2.24, 2.45) is 5.92 Å². The van der Waals surface area contributed by atoms with Gasteiger partial charge in [-0.2, -0.15) is 0 Å². The van der Waals surface area contributed by atoms with Crippen molar-refractivity contribution in [3.05, 3.63) is 0 Å². The van der Waals surface area contributed by atoms with Crippen LogP contribution >= 0.6 is 0 Å². The Bertz CT molecular complexity index is 118. The predicted octanol–water partition coefficient (Wildman–Crippen LogP) is 0.965. The molecule has 0 spiro atoms. The van der Waals surface area contributed by atoms with Crippen LogP contribution in [-0.2, 0) is 4.79 Å². The Morgan fingerprint density at radius 3 is 2.80 bits per heavy atom. The maximum absolute atomic E-state index is 11.0. The van der Waals surface area contributed by atoms with Crippen LogP contribution < -0.4 is 5.32 Å². The summed E-state index contributed by atoms with van der Waals surface area (Å²) in [6.45, 7) is 3.67. The first-order valence-corrected chi connectivity index (χ1v) is 4.08. The van der Waals surface area contributed by atoms with E-state index in [0.717, 1.165) is 25.8 Å². The van der Waals surface area contributed by atoms with Gasteiger partial charge >= 0.3 is 0 Å². The number of hydrogen-bond donors (Lipinski definition) is 1. The molecule has 0 aromatic carbocycles. The summed E-state index contributed by atoms with van der Waals surface area (Å²) in [7, 11) is 0. The van der Waals surface area contributed by atoms with Gasteiger partial charge < -0.3 is 5.32 Å². The first-order valence-electron chi connectivity index (χ1n) is 4.08. The monoisotopic (exact) mass is 141 g/mol.